The van der Waals surface area contributed by atoms with E-state index in [0.29, 0.717) is 12.5 Å². The van der Waals surface area contributed by atoms with Crippen molar-refractivity contribution in [3.05, 3.63) is 35.4 Å². The molecule has 1 aliphatic carbocycles. The second-order valence-corrected chi connectivity index (χ2v) is 6.87. The smallest absolute Gasteiger partial charge is 0.191 e. The molecule has 0 amide bonds. The number of likely N-dealkylation sites (N-methyl/N-ethyl adjacent to an activating group) is 1. The molecule has 0 radical (unpaired) electrons. The van der Waals surface area contributed by atoms with Crippen molar-refractivity contribution in [1.82, 2.24) is 15.5 Å². The van der Waals surface area contributed by atoms with Crippen LogP contribution in [-0.4, -0.2) is 58.3 Å². The van der Waals surface area contributed by atoms with Gasteiger partial charge < -0.3 is 20.3 Å². The summed E-state index contributed by atoms with van der Waals surface area (Å²) in [6.45, 7) is 2.65. The highest BCUT2D eigenvalue weighted by Gasteiger charge is 2.22. The number of benzene rings is 1. The van der Waals surface area contributed by atoms with Crippen LogP contribution in [0.1, 0.15) is 30.9 Å². The Morgan fingerprint density at radius 2 is 1.93 bits per heavy atom. The van der Waals surface area contributed by atoms with Crippen LogP contribution in [0, 0.1) is 17.6 Å². The minimum absolute atomic E-state index is 0. The number of halogens is 3. The lowest BCUT2D eigenvalue weighted by atomic mass is 10.0. The quantitative estimate of drug-likeness (QED) is 0.226. The molecule has 0 bridgehead atoms. The summed E-state index contributed by atoms with van der Waals surface area (Å²) in [7, 11) is 5.27. The minimum Gasteiger partial charge on any atom is -0.381 e. The lowest BCUT2D eigenvalue weighted by molar-refractivity contribution is 0.123. The van der Waals surface area contributed by atoms with E-state index in [1.54, 1.807) is 26.0 Å². The largest absolute Gasteiger partial charge is 0.381 e. The van der Waals surface area contributed by atoms with Crippen LogP contribution in [0.4, 0.5) is 8.78 Å². The first kappa shape index (κ1) is 24.0. The van der Waals surface area contributed by atoms with Crippen LogP contribution in [0.2, 0.25) is 0 Å². The molecule has 0 aliphatic heterocycles. The van der Waals surface area contributed by atoms with Crippen molar-refractivity contribution in [2.45, 2.75) is 25.3 Å². The maximum atomic E-state index is 14.1. The lowest BCUT2D eigenvalue weighted by Gasteiger charge is -2.26. The fourth-order valence-electron chi connectivity index (χ4n) is 2.70. The summed E-state index contributed by atoms with van der Waals surface area (Å²) in [6, 6.07) is 3.49. The van der Waals surface area contributed by atoms with Crippen LogP contribution < -0.4 is 10.6 Å². The fourth-order valence-corrected chi connectivity index (χ4v) is 2.70. The number of hydrogen-bond donors (Lipinski definition) is 2. The second kappa shape index (κ2) is 12.5. The fraction of sp³-hybridized carbons (Fsp3) is 0.632. The van der Waals surface area contributed by atoms with Crippen molar-refractivity contribution in [2.24, 2.45) is 10.9 Å². The Balaban J connectivity index is 0.00000364. The molecule has 0 heterocycles. The lowest BCUT2D eigenvalue weighted by Crippen LogP contribution is -2.42. The molecule has 1 atom stereocenters. The molecule has 154 valence electrons. The zero-order valence-corrected chi connectivity index (χ0v) is 18.6. The van der Waals surface area contributed by atoms with E-state index in [1.807, 2.05) is 0 Å². The average Bonchev–Trinajstić information content (AvgIpc) is 3.42. The molecule has 2 N–H and O–H groups in total. The Kier molecular flexibility index (Phi) is 11.1. The number of nitrogens with one attached hydrogen (secondary N) is 2. The van der Waals surface area contributed by atoms with Gasteiger partial charge in [-0.15, -0.1) is 24.0 Å². The van der Waals surface area contributed by atoms with Crippen LogP contribution in [0.5, 0.6) is 0 Å². The third-order valence-electron chi connectivity index (χ3n) is 4.45. The molecule has 0 spiro atoms. The number of ether oxygens (including phenoxy) is 1. The first-order chi connectivity index (χ1) is 12.5. The van der Waals surface area contributed by atoms with Gasteiger partial charge in [-0.1, -0.05) is 6.07 Å². The maximum Gasteiger partial charge on any atom is 0.191 e. The average molecular weight is 496 g/mol. The zero-order valence-electron chi connectivity index (χ0n) is 16.3. The van der Waals surface area contributed by atoms with Crippen molar-refractivity contribution in [3.63, 3.8) is 0 Å². The Hall–Kier alpha value is -1.000. The van der Waals surface area contributed by atoms with Gasteiger partial charge in [0.15, 0.2) is 5.96 Å². The molecule has 1 unspecified atom stereocenters. The molecule has 0 saturated heterocycles. The Labute approximate surface area is 178 Å². The van der Waals surface area contributed by atoms with E-state index in [2.05, 4.69) is 15.6 Å². The Bertz CT molecular complexity index is 577. The number of rotatable bonds is 10. The van der Waals surface area contributed by atoms with E-state index in [-0.39, 0.29) is 29.5 Å². The molecule has 27 heavy (non-hydrogen) atoms. The number of guanidine groups is 1. The third kappa shape index (κ3) is 8.27. The van der Waals surface area contributed by atoms with Gasteiger partial charge in [-0.3, -0.25) is 4.99 Å². The topological polar surface area (TPSA) is 48.9 Å². The van der Waals surface area contributed by atoms with E-state index < -0.39 is 17.7 Å². The summed E-state index contributed by atoms with van der Waals surface area (Å²) in [5.74, 6) is 0.303. The molecule has 1 aromatic rings. The highest BCUT2D eigenvalue weighted by atomic mass is 127. The van der Waals surface area contributed by atoms with Crippen molar-refractivity contribution < 1.29 is 13.5 Å². The molecular weight excluding hydrogens is 465 g/mol. The first-order valence-electron chi connectivity index (χ1n) is 9.15. The Morgan fingerprint density at radius 3 is 2.48 bits per heavy atom. The molecule has 1 aromatic carbocycles. The number of nitrogens with zero attached hydrogens (tertiary/aromatic N) is 2. The summed E-state index contributed by atoms with van der Waals surface area (Å²) in [5.41, 5.74) is 0.0638. The van der Waals surface area contributed by atoms with E-state index >= 15 is 0 Å². The molecule has 2 rings (SSSR count). The molecule has 8 heteroatoms. The second-order valence-electron chi connectivity index (χ2n) is 6.87. The SMILES string of the molecule is CN=C(NCCCOCC1CC1)NCC(c1c(F)cccc1F)N(C)C.I. The van der Waals surface area contributed by atoms with Gasteiger partial charge in [-0.25, -0.2) is 8.78 Å². The predicted molar refractivity (Wildman–Crippen MR) is 116 cm³/mol. The summed E-state index contributed by atoms with van der Waals surface area (Å²) in [4.78, 5) is 5.95. The summed E-state index contributed by atoms with van der Waals surface area (Å²) >= 11 is 0. The van der Waals surface area contributed by atoms with E-state index in [1.165, 1.54) is 31.0 Å². The van der Waals surface area contributed by atoms with Gasteiger partial charge in [-0.2, -0.15) is 0 Å². The van der Waals surface area contributed by atoms with Crippen molar-refractivity contribution in [2.75, 3.05) is 47.4 Å². The predicted octanol–water partition coefficient (Wildman–Crippen LogP) is 3.17. The van der Waals surface area contributed by atoms with Gasteiger partial charge in [0.05, 0.1) is 6.04 Å². The van der Waals surface area contributed by atoms with Crippen molar-refractivity contribution in [1.29, 1.82) is 0 Å². The molecule has 1 aliphatic rings. The minimum atomic E-state index is -0.541. The van der Waals surface area contributed by atoms with E-state index in [4.69, 9.17) is 4.74 Å². The molecule has 1 fully saturated rings. The highest BCUT2D eigenvalue weighted by molar-refractivity contribution is 14.0. The molecular formula is C19H31F2IN4O. The number of aliphatic imine (C=N–C) groups is 1. The van der Waals surface area contributed by atoms with Crippen LogP contribution in [-0.2, 0) is 4.74 Å². The molecule has 0 aromatic heterocycles. The van der Waals surface area contributed by atoms with Crippen molar-refractivity contribution in [3.8, 4) is 0 Å². The monoisotopic (exact) mass is 496 g/mol. The van der Waals surface area contributed by atoms with Gasteiger partial charge in [0.25, 0.3) is 0 Å². The summed E-state index contributed by atoms with van der Waals surface area (Å²) in [6.07, 6.45) is 3.47. The van der Waals surface area contributed by atoms with E-state index in [0.717, 1.165) is 32.1 Å². The van der Waals surface area contributed by atoms with E-state index in [9.17, 15) is 8.78 Å². The van der Waals surface area contributed by atoms with Crippen LogP contribution in [0.25, 0.3) is 0 Å². The summed E-state index contributed by atoms with van der Waals surface area (Å²) < 4.78 is 33.8. The first-order valence-corrected chi connectivity index (χ1v) is 9.15. The van der Waals surface area contributed by atoms with Crippen LogP contribution in [0.3, 0.4) is 0 Å². The van der Waals surface area contributed by atoms with Gasteiger partial charge >= 0.3 is 0 Å². The van der Waals surface area contributed by atoms with Gasteiger partial charge in [0.2, 0.25) is 0 Å². The van der Waals surface area contributed by atoms with Crippen LogP contribution in [0.15, 0.2) is 23.2 Å². The maximum absolute atomic E-state index is 14.1. The molecule has 5 nitrogen and oxygen atoms in total. The standard InChI is InChI=1S/C19H30F2N4O.HI/c1-22-19(23-10-5-11-26-13-14-8-9-14)24-12-17(25(2)3)18-15(20)6-4-7-16(18)21;/h4,6-7,14,17H,5,8-13H2,1-3H3,(H2,22,23,24);1H. The normalized spacial score (nSPS) is 15.4. The highest BCUT2D eigenvalue weighted by Crippen LogP contribution is 2.28. The van der Waals surface area contributed by atoms with Gasteiger partial charge in [0.1, 0.15) is 11.6 Å². The summed E-state index contributed by atoms with van der Waals surface area (Å²) in [5, 5.41) is 6.35. The third-order valence-corrected chi connectivity index (χ3v) is 4.45. The Morgan fingerprint density at radius 1 is 1.26 bits per heavy atom. The molecule has 1 saturated carbocycles. The van der Waals surface area contributed by atoms with Gasteiger partial charge in [0, 0.05) is 38.9 Å². The van der Waals surface area contributed by atoms with Crippen molar-refractivity contribution >= 4 is 29.9 Å². The van der Waals surface area contributed by atoms with Gasteiger partial charge in [-0.05, 0) is 51.4 Å². The van der Waals surface area contributed by atoms with Crippen LogP contribution >= 0.6 is 24.0 Å². The zero-order chi connectivity index (χ0) is 18.9. The number of hydrogen-bond acceptors (Lipinski definition) is 3.